The molecule has 0 saturated heterocycles. The van der Waals surface area contributed by atoms with Crippen molar-refractivity contribution in [2.24, 2.45) is 12.0 Å². The van der Waals surface area contributed by atoms with Crippen molar-refractivity contribution in [1.82, 2.24) is 20.4 Å². The summed E-state index contributed by atoms with van der Waals surface area (Å²) >= 11 is 0. The number of guanidine groups is 1. The minimum absolute atomic E-state index is 0. The number of halogens is 3. The molecule has 0 fully saturated rings. The van der Waals surface area contributed by atoms with Gasteiger partial charge in [-0.1, -0.05) is 13.8 Å². The second-order valence-corrected chi connectivity index (χ2v) is 6.04. The zero-order valence-corrected chi connectivity index (χ0v) is 18.6. The highest BCUT2D eigenvalue weighted by molar-refractivity contribution is 14.0. The van der Waals surface area contributed by atoms with E-state index in [2.05, 4.69) is 34.6 Å². The molecule has 1 heterocycles. The molecule has 8 heteroatoms. The number of aliphatic imine (C=N–C) groups is 1. The van der Waals surface area contributed by atoms with E-state index in [1.165, 1.54) is 17.3 Å². The van der Waals surface area contributed by atoms with Gasteiger partial charge in [-0.2, -0.15) is 5.10 Å². The lowest BCUT2D eigenvalue weighted by Crippen LogP contribution is -2.38. The van der Waals surface area contributed by atoms with Gasteiger partial charge in [0.25, 0.3) is 0 Å². The molecule has 1 aromatic heterocycles. The van der Waals surface area contributed by atoms with Crippen molar-refractivity contribution in [3.05, 3.63) is 52.3 Å². The lowest BCUT2D eigenvalue weighted by Gasteiger charge is -2.13. The average Bonchev–Trinajstić information content (AvgIpc) is 2.95. The van der Waals surface area contributed by atoms with Crippen LogP contribution >= 0.6 is 24.0 Å². The minimum Gasteiger partial charge on any atom is -0.356 e. The number of aromatic nitrogens is 2. The maximum Gasteiger partial charge on any atom is 0.191 e. The SMILES string of the molecule is CCc1nn(C)c(CC)c1CNC(=NC)NCCc1cc(F)ccc1F.I. The number of nitrogens with one attached hydrogen (secondary N) is 2. The van der Waals surface area contributed by atoms with Gasteiger partial charge in [-0.05, 0) is 43.0 Å². The summed E-state index contributed by atoms with van der Waals surface area (Å²) < 4.78 is 28.8. The maximum absolute atomic E-state index is 13.7. The van der Waals surface area contributed by atoms with E-state index < -0.39 is 11.6 Å². The van der Waals surface area contributed by atoms with Gasteiger partial charge in [0.15, 0.2) is 5.96 Å². The van der Waals surface area contributed by atoms with Gasteiger partial charge in [0.2, 0.25) is 0 Å². The van der Waals surface area contributed by atoms with E-state index in [-0.39, 0.29) is 24.0 Å². The van der Waals surface area contributed by atoms with Crippen LogP contribution in [0.2, 0.25) is 0 Å². The summed E-state index contributed by atoms with van der Waals surface area (Å²) in [7, 11) is 3.64. The van der Waals surface area contributed by atoms with Crippen LogP contribution in [0.4, 0.5) is 8.78 Å². The van der Waals surface area contributed by atoms with Gasteiger partial charge in [-0.3, -0.25) is 9.67 Å². The van der Waals surface area contributed by atoms with E-state index in [1.54, 1.807) is 7.05 Å². The number of nitrogens with zero attached hydrogens (tertiary/aromatic N) is 3. The Bertz CT molecular complexity index is 774. The quantitative estimate of drug-likeness (QED) is 0.355. The smallest absolute Gasteiger partial charge is 0.191 e. The van der Waals surface area contributed by atoms with Crippen LogP contribution in [0.25, 0.3) is 0 Å². The third-order valence-corrected chi connectivity index (χ3v) is 4.38. The summed E-state index contributed by atoms with van der Waals surface area (Å²) in [5, 5.41) is 11.0. The Morgan fingerprint density at radius 2 is 1.93 bits per heavy atom. The van der Waals surface area contributed by atoms with Gasteiger partial charge >= 0.3 is 0 Å². The molecule has 0 aliphatic rings. The summed E-state index contributed by atoms with van der Waals surface area (Å²) in [5.74, 6) is -0.207. The van der Waals surface area contributed by atoms with Gasteiger partial charge in [0.1, 0.15) is 11.6 Å². The number of rotatable bonds is 7. The first-order chi connectivity index (χ1) is 12.5. The van der Waals surface area contributed by atoms with Gasteiger partial charge in [-0.25, -0.2) is 8.78 Å². The monoisotopic (exact) mass is 491 g/mol. The van der Waals surface area contributed by atoms with Crippen molar-refractivity contribution >= 4 is 29.9 Å². The molecular formula is C19H28F2IN5. The summed E-state index contributed by atoms with van der Waals surface area (Å²) in [5.41, 5.74) is 3.82. The Balaban J connectivity index is 0.00000364. The average molecular weight is 491 g/mol. The molecule has 0 aliphatic heterocycles. The van der Waals surface area contributed by atoms with Gasteiger partial charge < -0.3 is 10.6 Å². The number of hydrogen-bond donors (Lipinski definition) is 2. The fraction of sp³-hybridized carbons (Fsp3) is 0.474. The molecule has 2 N–H and O–H groups in total. The van der Waals surface area contributed by atoms with Gasteiger partial charge in [0.05, 0.1) is 5.69 Å². The lowest BCUT2D eigenvalue weighted by atomic mass is 10.1. The Labute approximate surface area is 176 Å². The molecule has 0 unspecified atom stereocenters. The topological polar surface area (TPSA) is 54.2 Å². The number of aryl methyl sites for hydroxylation is 2. The third kappa shape index (κ3) is 6.15. The van der Waals surface area contributed by atoms with Crippen LogP contribution in [0.3, 0.4) is 0 Å². The zero-order valence-electron chi connectivity index (χ0n) is 16.3. The Kier molecular flexibility index (Phi) is 9.68. The molecule has 0 amide bonds. The molecule has 0 bridgehead atoms. The highest BCUT2D eigenvalue weighted by atomic mass is 127. The molecule has 2 aromatic rings. The lowest BCUT2D eigenvalue weighted by molar-refractivity contribution is 0.583. The highest BCUT2D eigenvalue weighted by Crippen LogP contribution is 2.15. The van der Waals surface area contributed by atoms with Crippen molar-refractivity contribution < 1.29 is 8.78 Å². The highest BCUT2D eigenvalue weighted by Gasteiger charge is 2.13. The molecule has 0 atom stereocenters. The second kappa shape index (κ2) is 11.2. The minimum atomic E-state index is -0.431. The number of benzene rings is 1. The Morgan fingerprint density at radius 3 is 2.56 bits per heavy atom. The van der Waals surface area contributed by atoms with Crippen molar-refractivity contribution in [2.45, 2.75) is 39.7 Å². The van der Waals surface area contributed by atoms with Crippen molar-refractivity contribution in [1.29, 1.82) is 0 Å². The summed E-state index contributed by atoms with van der Waals surface area (Å²) in [6, 6.07) is 3.50. The van der Waals surface area contributed by atoms with Crippen LogP contribution < -0.4 is 10.6 Å². The third-order valence-electron chi connectivity index (χ3n) is 4.38. The van der Waals surface area contributed by atoms with Gasteiger partial charge in [0, 0.05) is 38.4 Å². The molecule has 0 radical (unpaired) electrons. The molecule has 150 valence electrons. The van der Waals surface area contributed by atoms with E-state index in [1.807, 2.05) is 11.7 Å². The molecule has 1 aromatic carbocycles. The first-order valence-corrected chi connectivity index (χ1v) is 8.92. The van der Waals surface area contributed by atoms with Crippen LogP contribution in [0, 0.1) is 11.6 Å². The predicted molar refractivity (Wildman–Crippen MR) is 116 cm³/mol. The van der Waals surface area contributed by atoms with Crippen LogP contribution in [-0.4, -0.2) is 29.3 Å². The fourth-order valence-corrected chi connectivity index (χ4v) is 3.04. The number of hydrogen-bond acceptors (Lipinski definition) is 2. The normalized spacial score (nSPS) is 11.3. The molecular weight excluding hydrogens is 463 g/mol. The van der Waals surface area contributed by atoms with Crippen molar-refractivity contribution in [2.75, 3.05) is 13.6 Å². The fourth-order valence-electron chi connectivity index (χ4n) is 3.04. The van der Waals surface area contributed by atoms with Crippen LogP contribution in [-0.2, 0) is 32.9 Å². The van der Waals surface area contributed by atoms with Crippen molar-refractivity contribution in [3.8, 4) is 0 Å². The van der Waals surface area contributed by atoms with Crippen LogP contribution in [0.5, 0.6) is 0 Å². The predicted octanol–water partition coefficient (Wildman–Crippen LogP) is 3.35. The van der Waals surface area contributed by atoms with Crippen molar-refractivity contribution in [3.63, 3.8) is 0 Å². The van der Waals surface area contributed by atoms with E-state index in [0.717, 1.165) is 30.7 Å². The summed E-state index contributed by atoms with van der Waals surface area (Å²) in [4.78, 5) is 4.19. The Hall–Kier alpha value is -1.71. The maximum atomic E-state index is 13.7. The first-order valence-electron chi connectivity index (χ1n) is 8.92. The molecule has 0 saturated carbocycles. The van der Waals surface area contributed by atoms with Gasteiger partial charge in [-0.15, -0.1) is 24.0 Å². The van der Waals surface area contributed by atoms with E-state index in [4.69, 9.17) is 0 Å². The first kappa shape index (κ1) is 23.3. The molecule has 5 nitrogen and oxygen atoms in total. The zero-order chi connectivity index (χ0) is 19.1. The molecule has 0 aliphatic carbocycles. The largest absolute Gasteiger partial charge is 0.356 e. The Morgan fingerprint density at radius 1 is 1.19 bits per heavy atom. The molecule has 2 rings (SSSR count). The summed E-state index contributed by atoms with van der Waals surface area (Å²) in [6.45, 7) is 5.27. The van der Waals surface area contributed by atoms with E-state index >= 15 is 0 Å². The molecule has 27 heavy (non-hydrogen) atoms. The van der Waals surface area contributed by atoms with E-state index in [9.17, 15) is 8.78 Å². The summed E-state index contributed by atoms with van der Waals surface area (Å²) in [6.07, 6.45) is 2.15. The second-order valence-electron chi connectivity index (χ2n) is 6.04. The van der Waals surface area contributed by atoms with Crippen LogP contribution in [0.15, 0.2) is 23.2 Å². The molecule has 0 spiro atoms. The van der Waals surface area contributed by atoms with E-state index in [0.29, 0.717) is 31.0 Å². The standard InChI is InChI=1S/C19H27F2N5.HI/c1-5-17-15(18(6-2)26(4)25-17)12-24-19(22-3)23-10-9-13-11-14(20)7-8-16(13)21;/h7-8,11H,5-6,9-10,12H2,1-4H3,(H2,22,23,24);1H. The van der Waals surface area contributed by atoms with Crippen LogP contribution in [0.1, 0.15) is 36.4 Å².